The highest BCUT2D eigenvalue weighted by Crippen LogP contribution is 2.34. The van der Waals surface area contributed by atoms with E-state index in [1.165, 1.54) is 0 Å². The highest BCUT2D eigenvalue weighted by Gasteiger charge is 2.32. The van der Waals surface area contributed by atoms with Crippen LogP contribution in [0.2, 0.25) is 5.02 Å². The Hall–Kier alpha value is -5.22. The zero-order valence-corrected chi connectivity index (χ0v) is 28.3. The summed E-state index contributed by atoms with van der Waals surface area (Å²) in [5.41, 5.74) is 0.564. The van der Waals surface area contributed by atoms with Gasteiger partial charge in [-0.25, -0.2) is 0 Å². The Bertz CT molecular complexity index is 2060. The van der Waals surface area contributed by atoms with Gasteiger partial charge in [0.15, 0.2) is 5.82 Å². The molecule has 0 atom stereocenters. The molecule has 6 rings (SSSR count). The monoisotopic (exact) mass is 726 g/mol. The Balaban J connectivity index is 1.27. The molecule has 2 aromatic carbocycles. The molecule has 4 aromatic rings. The van der Waals surface area contributed by atoms with Crippen molar-refractivity contribution in [2.24, 2.45) is 0 Å². The van der Waals surface area contributed by atoms with Crippen molar-refractivity contribution >= 4 is 52.0 Å². The van der Waals surface area contributed by atoms with Crippen molar-refractivity contribution in [2.45, 2.75) is 32.5 Å². The van der Waals surface area contributed by atoms with E-state index >= 15 is 0 Å². The molecule has 2 aliphatic heterocycles. The molecule has 0 bridgehead atoms. The lowest BCUT2D eigenvalue weighted by molar-refractivity contribution is -0.137. The molecule has 0 radical (unpaired) electrons. The highest BCUT2D eigenvalue weighted by molar-refractivity contribution is 6.33. The third-order valence-electron chi connectivity index (χ3n) is 8.67. The molecule has 2 aliphatic rings. The van der Waals surface area contributed by atoms with Crippen LogP contribution in [0.1, 0.15) is 40.8 Å². The van der Waals surface area contributed by atoms with E-state index in [1.807, 2.05) is 17.9 Å². The van der Waals surface area contributed by atoms with Gasteiger partial charge in [-0.2, -0.15) is 22.7 Å². The summed E-state index contributed by atoms with van der Waals surface area (Å²) in [6.07, 6.45) is -1.96. The van der Waals surface area contributed by atoms with Crippen molar-refractivity contribution in [1.82, 2.24) is 29.4 Å². The Morgan fingerprint density at radius 3 is 2.43 bits per heavy atom. The average Bonchev–Trinajstić information content (AvgIpc) is 3.59. The molecule has 268 valence electrons. The smallest absolute Gasteiger partial charge is 0.377 e. The topological polar surface area (TPSA) is 143 Å². The van der Waals surface area contributed by atoms with Gasteiger partial charge in [-0.05, 0) is 48.7 Å². The largest absolute Gasteiger partial charge is 0.416 e. The quantitative estimate of drug-likeness (QED) is 0.266. The second-order valence-corrected chi connectivity index (χ2v) is 12.3. The summed E-state index contributed by atoms with van der Waals surface area (Å²) in [6, 6.07) is 11.2. The molecule has 51 heavy (non-hydrogen) atoms. The molecule has 2 N–H and O–H groups in total. The molecule has 3 amide bonds. The number of ether oxygens (including phenoxy) is 1. The molecular formula is C34H34ClF3N8O5. The fourth-order valence-corrected chi connectivity index (χ4v) is 6.29. The fourth-order valence-electron chi connectivity index (χ4n) is 6.06. The van der Waals surface area contributed by atoms with Crippen LogP contribution >= 0.6 is 11.6 Å². The lowest BCUT2D eigenvalue weighted by atomic mass is 10.1. The first-order valence-corrected chi connectivity index (χ1v) is 16.6. The van der Waals surface area contributed by atoms with Crippen molar-refractivity contribution in [3.63, 3.8) is 0 Å². The number of benzene rings is 2. The maximum Gasteiger partial charge on any atom is 0.416 e. The predicted molar refractivity (Wildman–Crippen MR) is 183 cm³/mol. The van der Waals surface area contributed by atoms with Crippen molar-refractivity contribution in [3.05, 3.63) is 92.6 Å². The van der Waals surface area contributed by atoms with E-state index in [2.05, 4.69) is 20.7 Å². The van der Waals surface area contributed by atoms with Gasteiger partial charge < -0.3 is 29.7 Å². The molecule has 2 aromatic heterocycles. The molecule has 1 fully saturated rings. The number of nitrogens with zero attached hydrogens (tertiary/aromatic N) is 6. The number of anilines is 2. The summed E-state index contributed by atoms with van der Waals surface area (Å²) in [5, 5.41) is 9.47. The van der Waals surface area contributed by atoms with Gasteiger partial charge in [0.05, 0.1) is 41.7 Å². The van der Waals surface area contributed by atoms with E-state index in [1.54, 1.807) is 39.8 Å². The molecule has 4 heterocycles. The van der Waals surface area contributed by atoms with Gasteiger partial charge in [-0.1, -0.05) is 42.8 Å². The minimum Gasteiger partial charge on any atom is -0.377 e. The van der Waals surface area contributed by atoms with Crippen LogP contribution in [0, 0.1) is 0 Å². The molecule has 0 unspecified atom stereocenters. The van der Waals surface area contributed by atoms with Gasteiger partial charge in [0.25, 0.3) is 11.5 Å². The summed E-state index contributed by atoms with van der Waals surface area (Å²) < 4.78 is 47.7. The van der Waals surface area contributed by atoms with E-state index in [4.69, 9.17) is 16.3 Å². The van der Waals surface area contributed by atoms with Crippen LogP contribution in [-0.2, 0) is 33.5 Å². The molecule has 13 nitrogen and oxygen atoms in total. The Morgan fingerprint density at radius 2 is 1.78 bits per heavy atom. The zero-order valence-electron chi connectivity index (χ0n) is 27.5. The van der Waals surface area contributed by atoms with Crippen LogP contribution in [0.15, 0.2) is 59.4 Å². The van der Waals surface area contributed by atoms with Crippen LogP contribution in [0.4, 0.5) is 24.5 Å². The lowest BCUT2D eigenvalue weighted by Gasteiger charge is -2.36. The Labute approximate surface area is 294 Å². The number of halogens is 4. The molecule has 0 saturated carbocycles. The maximum absolute atomic E-state index is 14.1. The number of hydrogen-bond acceptors (Lipinski definition) is 8. The number of rotatable bonds is 9. The maximum atomic E-state index is 14.1. The molecule has 0 aliphatic carbocycles. The van der Waals surface area contributed by atoms with E-state index in [0.29, 0.717) is 43.1 Å². The van der Waals surface area contributed by atoms with Crippen LogP contribution in [0.25, 0.3) is 11.4 Å². The number of hydrogen-bond donors (Lipinski definition) is 2. The first kappa shape index (κ1) is 35.6. The van der Waals surface area contributed by atoms with Crippen LogP contribution in [0.5, 0.6) is 0 Å². The minimum absolute atomic E-state index is 0.0136. The normalized spacial score (nSPS) is 15.1. The number of nitrogens with one attached hydrogen (secondary N) is 2. The van der Waals surface area contributed by atoms with Gasteiger partial charge in [-0.15, -0.1) is 5.10 Å². The van der Waals surface area contributed by atoms with E-state index < -0.39 is 23.2 Å². The summed E-state index contributed by atoms with van der Waals surface area (Å²) in [6.45, 7) is 3.18. The summed E-state index contributed by atoms with van der Waals surface area (Å²) in [7, 11) is 0. The SMILES string of the molecule is CCc1c(N2CCN(C(=O)CNC(=O)c3ccccc3)CC2)c(=O)n2nc(C3=CCOCC3)nc2n1CC(=O)Nc1ccc(C(F)(F)F)cc1Cl. The minimum atomic E-state index is -4.61. The summed E-state index contributed by atoms with van der Waals surface area (Å²) >= 11 is 6.11. The molecule has 17 heteroatoms. The Morgan fingerprint density at radius 1 is 1.04 bits per heavy atom. The first-order chi connectivity index (χ1) is 24.4. The highest BCUT2D eigenvalue weighted by atomic mass is 35.5. The van der Waals surface area contributed by atoms with Crippen LogP contribution < -0.4 is 21.1 Å². The number of fused-ring (bicyclic) bond motifs is 1. The third-order valence-corrected chi connectivity index (χ3v) is 8.98. The molecular weight excluding hydrogens is 693 g/mol. The number of piperazine rings is 1. The van der Waals surface area contributed by atoms with Crippen molar-refractivity contribution in [3.8, 4) is 0 Å². The number of alkyl halides is 3. The number of amides is 3. The summed E-state index contributed by atoms with van der Waals surface area (Å²) in [4.78, 5) is 61.1. The average molecular weight is 727 g/mol. The Kier molecular flexibility index (Phi) is 10.4. The zero-order chi connectivity index (χ0) is 36.3. The van der Waals surface area contributed by atoms with Gasteiger partial charge in [0, 0.05) is 31.7 Å². The second kappa shape index (κ2) is 14.9. The van der Waals surface area contributed by atoms with Crippen molar-refractivity contribution in [2.75, 3.05) is 56.2 Å². The number of carbonyl (C=O) groups excluding carboxylic acids is 3. The molecule has 0 spiro atoms. The van der Waals surface area contributed by atoms with Crippen LogP contribution in [0.3, 0.4) is 0 Å². The van der Waals surface area contributed by atoms with Gasteiger partial charge >= 0.3 is 6.18 Å². The fraction of sp³-hybridized carbons (Fsp3) is 0.353. The van der Waals surface area contributed by atoms with Gasteiger partial charge in [0.2, 0.25) is 17.6 Å². The first-order valence-electron chi connectivity index (χ1n) is 16.3. The third kappa shape index (κ3) is 7.76. The van der Waals surface area contributed by atoms with E-state index in [0.717, 1.165) is 28.3 Å². The summed E-state index contributed by atoms with van der Waals surface area (Å²) in [5.74, 6) is -0.836. The molecule has 1 saturated heterocycles. The van der Waals surface area contributed by atoms with Gasteiger partial charge in [-0.3, -0.25) is 19.2 Å². The van der Waals surface area contributed by atoms with Crippen molar-refractivity contribution in [1.29, 1.82) is 0 Å². The van der Waals surface area contributed by atoms with E-state index in [-0.39, 0.29) is 73.3 Å². The van der Waals surface area contributed by atoms with Crippen LogP contribution in [-0.4, -0.2) is 87.7 Å². The lowest BCUT2D eigenvalue weighted by Crippen LogP contribution is -2.52. The van der Waals surface area contributed by atoms with Crippen molar-refractivity contribution < 1.29 is 32.3 Å². The predicted octanol–water partition coefficient (Wildman–Crippen LogP) is 3.65. The van der Waals surface area contributed by atoms with E-state index in [9.17, 15) is 32.3 Å². The standard InChI is InChI=1S/C34H34ClF3N8O5/c1-2-26-29(44-14-12-43(13-15-44)28(48)19-39-31(49)22-6-4-3-5-7-22)32(50)46-33(41-30(42-46)21-10-16-51-17-11-21)45(26)20-27(47)40-25-9-8-23(18-24(25)35)34(36,37)38/h3-10,18H,2,11-17,19-20H2,1H3,(H,39,49)(H,40,47). The second-order valence-electron chi connectivity index (χ2n) is 11.9. The number of aromatic nitrogens is 4. The van der Waals surface area contributed by atoms with Gasteiger partial charge in [0.1, 0.15) is 12.2 Å². The number of carbonyl (C=O) groups is 3.